The molecule has 0 spiro atoms. The number of fused-ring (bicyclic) bond motifs is 1. The van der Waals surface area contributed by atoms with Crippen molar-refractivity contribution in [2.24, 2.45) is 0 Å². The van der Waals surface area contributed by atoms with Gasteiger partial charge in [0.05, 0.1) is 17.5 Å². The van der Waals surface area contributed by atoms with Crippen molar-refractivity contribution in [2.75, 3.05) is 5.32 Å². The average Bonchev–Trinajstić information content (AvgIpc) is 2.90. The molecule has 0 radical (unpaired) electrons. The van der Waals surface area contributed by atoms with Crippen LogP contribution in [0.1, 0.15) is 35.9 Å². The Kier molecular flexibility index (Phi) is 3.63. The van der Waals surface area contributed by atoms with Gasteiger partial charge in [-0.1, -0.05) is 18.2 Å². The van der Waals surface area contributed by atoms with Crippen LogP contribution in [-0.2, 0) is 0 Å². The minimum atomic E-state index is -0.157. The van der Waals surface area contributed by atoms with Gasteiger partial charge in [0.1, 0.15) is 0 Å². The van der Waals surface area contributed by atoms with Crippen molar-refractivity contribution in [2.45, 2.75) is 26.8 Å². The summed E-state index contributed by atoms with van der Waals surface area (Å²) in [4.78, 5) is 17.0. The predicted molar refractivity (Wildman–Crippen MR) is 87.0 cm³/mol. The van der Waals surface area contributed by atoms with Gasteiger partial charge in [-0.25, -0.2) is 9.67 Å². The highest BCUT2D eigenvalue weighted by Gasteiger charge is 2.15. The van der Waals surface area contributed by atoms with E-state index in [-0.39, 0.29) is 11.9 Å². The molecule has 0 aliphatic rings. The molecule has 1 N–H and O–H groups in total. The Morgan fingerprint density at radius 2 is 1.95 bits per heavy atom. The Bertz CT molecular complexity index is 821. The summed E-state index contributed by atoms with van der Waals surface area (Å²) in [5, 5.41) is 8.10. The first-order chi connectivity index (χ1) is 10.6. The third-order valence-electron chi connectivity index (χ3n) is 3.53. The van der Waals surface area contributed by atoms with Gasteiger partial charge in [0.15, 0.2) is 5.65 Å². The molecule has 0 aliphatic carbocycles. The maximum atomic E-state index is 12.4. The first-order valence-corrected chi connectivity index (χ1v) is 7.27. The van der Waals surface area contributed by atoms with E-state index in [1.807, 2.05) is 48.0 Å². The summed E-state index contributed by atoms with van der Waals surface area (Å²) in [6, 6.07) is 11.5. The molecule has 5 heteroatoms. The van der Waals surface area contributed by atoms with Gasteiger partial charge in [-0.05, 0) is 39.0 Å². The Hall–Kier alpha value is -2.69. The number of anilines is 1. The molecule has 0 aliphatic heterocycles. The second-order valence-corrected chi connectivity index (χ2v) is 5.54. The fraction of sp³-hybridized carbons (Fsp3) is 0.235. The van der Waals surface area contributed by atoms with Gasteiger partial charge in [-0.2, -0.15) is 5.10 Å². The zero-order valence-electron chi connectivity index (χ0n) is 12.9. The summed E-state index contributed by atoms with van der Waals surface area (Å²) in [6.45, 7) is 5.95. The quantitative estimate of drug-likeness (QED) is 0.803. The Balaban J connectivity index is 1.97. The fourth-order valence-electron chi connectivity index (χ4n) is 2.39. The summed E-state index contributed by atoms with van der Waals surface area (Å²) >= 11 is 0. The van der Waals surface area contributed by atoms with E-state index in [4.69, 9.17) is 0 Å². The van der Waals surface area contributed by atoms with E-state index in [0.29, 0.717) is 11.3 Å². The number of carbonyl (C=O) groups excluding carboxylic acids is 1. The van der Waals surface area contributed by atoms with Gasteiger partial charge in [0, 0.05) is 17.1 Å². The lowest BCUT2D eigenvalue weighted by molar-refractivity contribution is 0.102. The lowest BCUT2D eigenvalue weighted by atomic mass is 10.1. The van der Waals surface area contributed by atoms with Crippen molar-refractivity contribution >= 4 is 22.6 Å². The molecular formula is C17H18N4O. The van der Waals surface area contributed by atoms with Crippen LogP contribution in [0.15, 0.2) is 42.6 Å². The van der Waals surface area contributed by atoms with Crippen molar-refractivity contribution in [3.05, 3.63) is 53.9 Å². The number of hydrogen-bond acceptors (Lipinski definition) is 3. The van der Waals surface area contributed by atoms with E-state index < -0.39 is 0 Å². The van der Waals surface area contributed by atoms with Crippen LogP contribution in [0.5, 0.6) is 0 Å². The molecule has 0 fully saturated rings. The highest BCUT2D eigenvalue weighted by Crippen LogP contribution is 2.20. The van der Waals surface area contributed by atoms with E-state index in [1.54, 1.807) is 6.20 Å². The third-order valence-corrected chi connectivity index (χ3v) is 3.53. The number of nitrogens with one attached hydrogen (secondary N) is 1. The number of amides is 1. The minimum absolute atomic E-state index is 0.157. The number of hydrogen-bond donors (Lipinski definition) is 1. The van der Waals surface area contributed by atoms with E-state index in [2.05, 4.69) is 29.2 Å². The average molecular weight is 294 g/mol. The lowest BCUT2D eigenvalue weighted by Crippen LogP contribution is -2.14. The molecule has 0 saturated carbocycles. The SMILES string of the molecule is Cc1nc2c(cnn2C(C)C)cc1C(=O)Nc1ccccc1. The molecule has 112 valence electrons. The zero-order chi connectivity index (χ0) is 15.7. The predicted octanol–water partition coefficient (Wildman–Crippen LogP) is 3.57. The van der Waals surface area contributed by atoms with E-state index in [9.17, 15) is 4.79 Å². The Morgan fingerprint density at radius 3 is 2.64 bits per heavy atom. The minimum Gasteiger partial charge on any atom is -0.322 e. The molecule has 3 rings (SSSR count). The number of aryl methyl sites for hydroxylation is 1. The number of pyridine rings is 1. The highest BCUT2D eigenvalue weighted by molar-refractivity contribution is 6.06. The molecule has 3 aromatic rings. The number of para-hydroxylation sites is 1. The van der Waals surface area contributed by atoms with Crippen molar-refractivity contribution in [3.63, 3.8) is 0 Å². The van der Waals surface area contributed by atoms with E-state index in [0.717, 1.165) is 16.7 Å². The van der Waals surface area contributed by atoms with Gasteiger partial charge in [-0.3, -0.25) is 4.79 Å². The van der Waals surface area contributed by atoms with Crippen molar-refractivity contribution < 1.29 is 4.79 Å². The van der Waals surface area contributed by atoms with Crippen LogP contribution in [0.2, 0.25) is 0 Å². The first-order valence-electron chi connectivity index (χ1n) is 7.27. The van der Waals surface area contributed by atoms with Crippen molar-refractivity contribution in [3.8, 4) is 0 Å². The third kappa shape index (κ3) is 2.57. The summed E-state index contributed by atoms with van der Waals surface area (Å²) in [7, 11) is 0. The molecular weight excluding hydrogens is 276 g/mol. The number of carbonyl (C=O) groups is 1. The standard InChI is InChI=1S/C17H18N4O/c1-11(2)21-16-13(10-18-21)9-15(12(3)19-16)17(22)20-14-7-5-4-6-8-14/h4-11H,1-3H3,(H,20,22). The Morgan fingerprint density at radius 1 is 1.23 bits per heavy atom. The largest absolute Gasteiger partial charge is 0.322 e. The van der Waals surface area contributed by atoms with Crippen LogP contribution in [0, 0.1) is 6.92 Å². The highest BCUT2D eigenvalue weighted by atomic mass is 16.1. The van der Waals surface area contributed by atoms with Crippen molar-refractivity contribution in [1.82, 2.24) is 14.8 Å². The molecule has 22 heavy (non-hydrogen) atoms. The van der Waals surface area contributed by atoms with E-state index in [1.165, 1.54) is 0 Å². The smallest absolute Gasteiger partial charge is 0.257 e. The number of benzene rings is 1. The molecule has 1 aromatic carbocycles. The summed E-state index contributed by atoms with van der Waals surface area (Å²) in [5.74, 6) is -0.157. The molecule has 0 saturated heterocycles. The fourth-order valence-corrected chi connectivity index (χ4v) is 2.39. The molecule has 2 aromatic heterocycles. The van der Waals surface area contributed by atoms with E-state index >= 15 is 0 Å². The van der Waals surface area contributed by atoms with Gasteiger partial charge < -0.3 is 5.32 Å². The molecule has 1 amide bonds. The molecule has 2 heterocycles. The van der Waals surface area contributed by atoms with Gasteiger partial charge >= 0.3 is 0 Å². The second-order valence-electron chi connectivity index (χ2n) is 5.54. The number of rotatable bonds is 3. The topological polar surface area (TPSA) is 59.8 Å². The van der Waals surface area contributed by atoms with Crippen LogP contribution in [0.3, 0.4) is 0 Å². The maximum Gasteiger partial charge on any atom is 0.257 e. The van der Waals surface area contributed by atoms with Crippen LogP contribution >= 0.6 is 0 Å². The number of nitrogens with zero attached hydrogens (tertiary/aromatic N) is 3. The molecule has 0 bridgehead atoms. The van der Waals surface area contributed by atoms with Crippen LogP contribution in [0.4, 0.5) is 5.69 Å². The summed E-state index contributed by atoms with van der Waals surface area (Å²) < 4.78 is 1.86. The number of aromatic nitrogens is 3. The Labute approximate surface area is 129 Å². The van der Waals surface area contributed by atoms with Crippen LogP contribution in [0.25, 0.3) is 11.0 Å². The summed E-state index contributed by atoms with van der Waals surface area (Å²) in [5.41, 5.74) is 2.84. The van der Waals surface area contributed by atoms with Gasteiger partial charge in [-0.15, -0.1) is 0 Å². The van der Waals surface area contributed by atoms with Gasteiger partial charge in [0.2, 0.25) is 0 Å². The van der Waals surface area contributed by atoms with Gasteiger partial charge in [0.25, 0.3) is 5.91 Å². The van der Waals surface area contributed by atoms with Crippen LogP contribution in [-0.4, -0.2) is 20.7 Å². The van der Waals surface area contributed by atoms with Crippen LogP contribution < -0.4 is 5.32 Å². The molecule has 0 atom stereocenters. The zero-order valence-corrected chi connectivity index (χ0v) is 12.9. The molecule has 0 unspecified atom stereocenters. The lowest BCUT2D eigenvalue weighted by Gasteiger charge is -2.09. The maximum absolute atomic E-state index is 12.4. The first kappa shape index (κ1) is 14.3. The normalized spacial score (nSPS) is 11.1. The summed E-state index contributed by atoms with van der Waals surface area (Å²) in [6.07, 6.45) is 1.75. The molecule has 5 nitrogen and oxygen atoms in total. The second kappa shape index (κ2) is 5.60. The monoisotopic (exact) mass is 294 g/mol. The van der Waals surface area contributed by atoms with Crippen molar-refractivity contribution in [1.29, 1.82) is 0 Å².